The number of rotatable bonds is 5. The molecule has 0 radical (unpaired) electrons. The fraction of sp³-hybridized carbons (Fsp3) is 0.462. The van der Waals surface area contributed by atoms with Gasteiger partial charge in [0.15, 0.2) is 0 Å². The molecule has 7 heteroatoms. The van der Waals surface area contributed by atoms with Gasteiger partial charge in [0.25, 0.3) is 15.0 Å². The molecule has 0 spiro atoms. The van der Waals surface area contributed by atoms with Gasteiger partial charge in [0.2, 0.25) is 0 Å². The number of carbonyl (C=O) groups is 1. The second-order valence-electron chi connectivity index (χ2n) is 4.94. The lowest BCUT2D eigenvalue weighted by molar-refractivity contribution is 0.0944. The molecule has 1 aliphatic carbocycles. The number of amides is 1. The normalized spacial score (nSPS) is 21.6. The number of benzene rings is 1. The molecule has 0 aliphatic heterocycles. The zero-order valence-corrected chi connectivity index (χ0v) is 12.5. The van der Waals surface area contributed by atoms with Crippen molar-refractivity contribution in [2.45, 2.75) is 37.1 Å². The zero-order chi connectivity index (χ0) is 14.9. The molecule has 1 aliphatic rings. The first-order chi connectivity index (χ1) is 9.32. The quantitative estimate of drug-likeness (QED) is 0.849. The van der Waals surface area contributed by atoms with E-state index in [4.69, 9.17) is 10.7 Å². The second-order valence-corrected chi connectivity index (χ2v) is 7.51. The third-order valence-electron chi connectivity index (χ3n) is 3.36. The molecule has 2 rings (SSSR count). The molecule has 4 nitrogen and oxygen atoms in total. The van der Waals surface area contributed by atoms with Crippen LogP contribution in [0.3, 0.4) is 0 Å². The minimum absolute atomic E-state index is 0.0538. The fourth-order valence-electron chi connectivity index (χ4n) is 2.19. The molecule has 0 bridgehead atoms. The van der Waals surface area contributed by atoms with Crippen molar-refractivity contribution < 1.29 is 17.6 Å². The summed E-state index contributed by atoms with van der Waals surface area (Å²) in [6.07, 6.45) is 2.93. The van der Waals surface area contributed by atoms with Crippen molar-refractivity contribution in [1.29, 1.82) is 0 Å². The zero-order valence-electron chi connectivity index (χ0n) is 10.9. The summed E-state index contributed by atoms with van der Waals surface area (Å²) in [6.45, 7) is 2.06. The Morgan fingerprint density at radius 2 is 2.20 bits per heavy atom. The summed E-state index contributed by atoms with van der Waals surface area (Å²) in [6, 6.07) is 2.98. The Hall–Kier alpha value is -1.14. The van der Waals surface area contributed by atoms with Crippen molar-refractivity contribution in [3.05, 3.63) is 29.6 Å². The molecule has 20 heavy (non-hydrogen) atoms. The Bertz CT molecular complexity index is 633. The molecule has 110 valence electrons. The minimum atomic E-state index is -3.98. The molecule has 1 aromatic carbocycles. The summed E-state index contributed by atoms with van der Waals surface area (Å²) >= 11 is 0. The van der Waals surface area contributed by atoms with Gasteiger partial charge in [0, 0.05) is 16.7 Å². The van der Waals surface area contributed by atoms with E-state index in [-0.39, 0.29) is 16.5 Å². The van der Waals surface area contributed by atoms with Crippen molar-refractivity contribution in [1.82, 2.24) is 5.32 Å². The van der Waals surface area contributed by atoms with E-state index in [2.05, 4.69) is 12.2 Å². The van der Waals surface area contributed by atoms with Crippen molar-refractivity contribution in [2.75, 3.05) is 0 Å². The highest BCUT2D eigenvalue weighted by Crippen LogP contribution is 2.34. The van der Waals surface area contributed by atoms with Crippen LogP contribution in [0.1, 0.15) is 36.5 Å². The van der Waals surface area contributed by atoms with Crippen molar-refractivity contribution in [2.24, 2.45) is 5.92 Å². The number of hydrogen-bond donors (Lipinski definition) is 1. The maximum atomic E-state index is 13.6. The standard InChI is InChI=1S/C13H15ClFNO3S/c1-2-3-8-6-12(8)16-13(17)10-7-9(20(14,18)19)4-5-11(10)15/h4-5,7-8,12H,2-3,6H2,1H3,(H,16,17). The molecule has 0 heterocycles. The molecule has 1 amide bonds. The number of nitrogens with one attached hydrogen (secondary N) is 1. The van der Waals surface area contributed by atoms with Crippen LogP contribution in [0.4, 0.5) is 4.39 Å². The molecule has 2 atom stereocenters. The minimum Gasteiger partial charge on any atom is -0.349 e. The highest BCUT2D eigenvalue weighted by molar-refractivity contribution is 8.13. The maximum Gasteiger partial charge on any atom is 0.261 e. The van der Waals surface area contributed by atoms with E-state index in [1.165, 1.54) is 0 Å². The van der Waals surface area contributed by atoms with Gasteiger partial charge in [-0.2, -0.15) is 0 Å². The van der Waals surface area contributed by atoms with Crippen LogP contribution in [0.2, 0.25) is 0 Å². The molecule has 1 saturated carbocycles. The average molecular weight is 320 g/mol. The van der Waals surface area contributed by atoms with Crippen LogP contribution in [0.15, 0.2) is 23.1 Å². The van der Waals surface area contributed by atoms with E-state index >= 15 is 0 Å². The third kappa shape index (κ3) is 3.49. The molecule has 0 aromatic heterocycles. The molecule has 0 saturated heterocycles. The van der Waals surface area contributed by atoms with E-state index in [0.717, 1.165) is 37.5 Å². The average Bonchev–Trinajstić information content (AvgIpc) is 3.06. The Labute approximate surface area is 121 Å². The number of carbonyl (C=O) groups excluding carboxylic acids is 1. The van der Waals surface area contributed by atoms with Crippen LogP contribution in [0.25, 0.3) is 0 Å². The Morgan fingerprint density at radius 3 is 2.80 bits per heavy atom. The summed E-state index contributed by atoms with van der Waals surface area (Å²) in [5.74, 6) is -0.931. The predicted molar refractivity (Wildman–Crippen MR) is 73.7 cm³/mol. The Kier molecular flexibility index (Phi) is 4.34. The number of halogens is 2. The lowest BCUT2D eigenvalue weighted by Crippen LogP contribution is -2.27. The van der Waals surface area contributed by atoms with Crippen molar-refractivity contribution in [3.63, 3.8) is 0 Å². The van der Waals surface area contributed by atoms with Gasteiger partial charge in [-0.25, -0.2) is 12.8 Å². The summed E-state index contributed by atoms with van der Waals surface area (Å²) in [5, 5.41) is 2.71. The van der Waals surface area contributed by atoms with Gasteiger partial charge in [-0.1, -0.05) is 13.3 Å². The van der Waals surface area contributed by atoms with Gasteiger partial charge in [-0.05, 0) is 37.0 Å². The van der Waals surface area contributed by atoms with Crippen LogP contribution in [-0.2, 0) is 9.05 Å². The van der Waals surface area contributed by atoms with Crippen LogP contribution in [-0.4, -0.2) is 20.4 Å². The SMILES string of the molecule is CCCC1CC1NC(=O)c1cc(S(=O)(=O)Cl)ccc1F. The Balaban J connectivity index is 2.14. The van der Waals surface area contributed by atoms with Crippen LogP contribution >= 0.6 is 10.7 Å². The molecule has 1 N–H and O–H groups in total. The van der Waals surface area contributed by atoms with Gasteiger partial charge in [0.1, 0.15) is 5.82 Å². The first kappa shape index (κ1) is 15.3. The smallest absolute Gasteiger partial charge is 0.261 e. The summed E-state index contributed by atoms with van der Waals surface area (Å²) in [5.41, 5.74) is -0.297. The summed E-state index contributed by atoms with van der Waals surface area (Å²) in [7, 11) is 1.21. The monoisotopic (exact) mass is 319 g/mol. The van der Waals surface area contributed by atoms with E-state index < -0.39 is 20.8 Å². The van der Waals surface area contributed by atoms with Gasteiger partial charge < -0.3 is 5.32 Å². The van der Waals surface area contributed by atoms with E-state index in [0.29, 0.717) is 5.92 Å². The van der Waals surface area contributed by atoms with Gasteiger partial charge >= 0.3 is 0 Å². The molecular formula is C13H15ClFNO3S. The van der Waals surface area contributed by atoms with Gasteiger partial charge in [-0.15, -0.1) is 0 Å². The highest BCUT2D eigenvalue weighted by atomic mass is 35.7. The third-order valence-corrected chi connectivity index (χ3v) is 4.71. The van der Waals surface area contributed by atoms with Crippen molar-refractivity contribution in [3.8, 4) is 0 Å². The second kappa shape index (κ2) is 5.69. The van der Waals surface area contributed by atoms with E-state index in [1.807, 2.05) is 0 Å². The largest absolute Gasteiger partial charge is 0.349 e. The van der Waals surface area contributed by atoms with Crippen LogP contribution < -0.4 is 5.32 Å². The van der Waals surface area contributed by atoms with Crippen molar-refractivity contribution >= 4 is 25.6 Å². The maximum absolute atomic E-state index is 13.6. The van der Waals surface area contributed by atoms with Gasteiger partial charge in [-0.3, -0.25) is 4.79 Å². The summed E-state index contributed by atoms with van der Waals surface area (Å²) in [4.78, 5) is 11.7. The Morgan fingerprint density at radius 1 is 1.50 bits per heavy atom. The summed E-state index contributed by atoms with van der Waals surface area (Å²) < 4.78 is 36.0. The first-order valence-corrected chi connectivity index (χ1v) is 8.69. The fourth-order valence-corrected chi connectivity index (χ4v) is 2.97. The molecule has 1 fully saturated rings. The molecule has 1 aromatic rings. The highest BCUT2D eigenvalue weighted by Gasteiger charge is 2.37. The number of hydrogen-bond acceptors (Lipinski definition) is 3. The van der Waals surface area contributed by atoms with E-state index in [9.17, 15) is 17.6 Å². The molecular weight excluding hydrogens is 305 g/mol. The lowest BCUT2D eigenvalue weighted by atomic mass is 10.2. The first-order valence-electron chi connectivity index (χ1n) is 6.38. The van der Waals surface area contributed by atoms with Crippen LogP contribution in [0.5, 0.6) is 0 Å². The predicted octanol–water partition coefficient (Wildman–Crippen LogP) is 2.67. The van der Waals surface area contributed by atoms with Crippen LogP contribution in [0, 0.1) is 11.7 Å². The van der Waals surface area contributed by atoms with E-state index in [1.54, 1.807) is 0 Å². The van der Waals surface area contributed by atoms with Gasteiger partial charge in [0.05, 0.1) is 10.5 Å². The topological polar surface area (TPSA) is 63.2 Å². The molecule has 2 unspecified atom stereocenters. The lowest BCUT2D eigenvalue weighted by Gasteiger charge is -2.07.